The van der Waals surface area contributed by atoms with E-state index in [4.69, 9.17) is 16.1 Å². The van der Waals surface area contributed by atoms with E-state index in [9.17, 15) is 0 Å². The van der Waals surface area contributed by atoms with Crippen molar-refractivity contribution in [3.63, 3.8) is 0 Å². The molecule has 0 aromatic carbocycles. The van der Waals surface area contributed by atoms with Crippen LogP contribution < -0.4 is 0 Å². The second-order valence-corrected chi connectivity index (χ2v) is 5.08. The molecule has 0 radical (unpaired) electrons. The van der Waals surface area contributed by atoms with E-state index in [1.54, 1.807) is 0 Å². The molecular weight excluding hydrogens is 224 g/mol. The van der Waals surface area contributed by atoms with Crippen molar-refractivity contribution in [1.82, 2.24) is 10.1 Å². The molecule has 2 rings (SSSR count). The summed E-state index contributed by atoms with van der Waals surface area (Å²) in [5.74, 6) is 1.92. The maximum Gasteiger partial charge on any atom is 0.229 e. The van der Waals surface area contributed by atoms with Crippen molar-refractivity contribution in [2.24, 2.45) is 0 Å². The fourth-order valence-electron chi connectivity index (χ4n) is 2.25. The Kier molecular flexibility index (Phi) is 4.22. The molecule has 1 saturated carbocycles. The molecule has 0 aliphatic heterocycles. The summed E-state index contributed by atoms with van der Waals surface area (Å²) in [7, 11) is 0. The minimum atomic E-state index is -0.108. The highest BCUT2D eigenvalue weighted by Gasteiger charge is 2.22. The zero-order valence-corrected chi connectivity index (χ0v) is 10.5. The monoisotopic (exact) mass is 242 g/mol. The van der Waals surface area contributed by atoms with Gasteiger partial charge in [-0.25, -0.2) is 0 Å². The van der Waals surface area contributed by atoms with E-state index in [1.165, 1.54) is 38.5 Å². The lowest BCUT2D eigenvalue weighted by Gasteiger charge is -2.07. The molecule has 1 aliphatic carbocycles. The zero-order chi connectivity index (χ0) is 11.4. The minimum absolute atomic E-state index is 0.108. The normalized spacial score (nSPS) is 20.6. The molecule has 0 spiro atoms. The number of rotatable bonds is 3. The summed E-state index contributed by atoms with van der Waals surface area (Å²) in [6.45, 7) is 2.03. The molecule has 0 saturated heterocycles. The highest BCUT2D eigenvalue weighted by Crippen LogP contribution is 2.31. The SMILES string of the molecule is CCC(Cl)c1noc(C2CCCCCC2)n1. The molecule has 3 nitrogen and oxygen atoms in total. The van der Waals surface area contributed by atoms with Crippen LogP contribution in [-0.4, -0.2) is 10.1 Å². The van der Waals surface area contributed by atoms with Crippen molar-refractivity contribution in [3.05, 3.63) is 11.7 Å². The molecule has 1 aromatic rings. The quantitative estimate of drug-likeness (QED) is 0.589. The summed E-state index contributed by atoms with van der Waals surface area (Å²) in [5.41, 5.74) is 0. The number of alkyl halides is 1. The summed E-state index contributed by atoms with van der Waals surface area (Å²) in [4.78, 5) is 4.44. The second-order valence-electron chi connectivity index (χ2n) is 4.56. The number of halogens is 1. The van der Waals surface area contributed by atoms with Crippen molar-refractivity contribution < 1.29 is 4.52 Å². The van der Waals surface area contributed by atoms with E-state index in [2.05, 4.69) is 10.1 Å². The van der Waals surface area contributed by atoms with Gasteiger partial charge in [-0.15, -0.1) is 11.6 Å². The largest absolute Gasteiger partial charge is 0.339 e. The van der Waals surface area contributed by atoms with Crippen LogP contribution in [-0.2, 0) is 0 Å². The molecule has 0 bridgehead atoms. The van der Waals surface area contributed by atoms with Gasteiger partial charge in [-0.2, -0.15) is 4.98 Å². The first-order valence-electron chi connectivity index (χ1n) is 6.28. The third kappa shape index (κ3) is 2.76. The first-order chi connectivity index (χ1) is 7.81. The number of hydrogen-bond acceptors (Lipinski definition) is 3. The lowest BCUT2D eigenvalue weighted by Crippen LogP contribution is -1.98. The predicted octanol–water partition coefficient (Wildman–Crippen LogP) is 4.20. The molecule has 1 unspecified atom stereocenters. The summed E-state index contributed by atoms with van der Waals surface area (Å²) in [6.07, 6.45) is 8.43. The molecule has 0 N–H and O–H groups in total. The highest BCUT2D eigenvalue weighted by molar-refractivity contribution is 6.20. The van der Waals surface area contributed by atoms with Gasteiger partial charge in [0, 0.05) is 5.92 Å². The average molecular weight is 243 g/mol. The summed E-state index contributed by atoms with van der Waals surface area (Å²) in [5, 5.41) is 3.87. The molecule has 1 fully saturated rings. The first kappa shape index (κ1) is 11.9. The van der Waals surface area contributed by atoms with Gasteiger partial charge in [0.25, 0.3) is 0 Å². The van der Waals surface area contributed by atoms with Crippen LogP contribution in [0, 0.1) is 0 Å². The molecule has 1 atom stereocenters. The lowest BCUT2D eigenvalue weighted by molar-refractivity contribution is 0.337. The highest BCUT2D eigenvalue weighted by atomic mass is 35.5. The van der Waals surface area contributed by atoms with Crippen LogP contribution in [0.3, 0.4) is 0 Å². The Bertz CT molecular complexity index is 319. The van der Waals surface area contributed by atoms with Crippen LogP contribution in [0.4, 0.5) is 0 Å². The maximum absolute atomic E-state index is 6.09. The maximum atomic E-state index is 6.09. The molecule has 1 heterocycles. The van der Waals surface area contributed by atoms with Gasteiger partial charge in [0.2, 0.25) is 5.89 Å². The molecule has 90 valence electrons. The fraction of sp³-hybridized carbons (Fsp3) is 0.833. The molecule has 4 heteroatoms. The number of hydrogen-bond donors (Lipinski definition) is 0. The summed E-state index contributed by atoms with van der Waals surface area (Å²) in [6, 6.07) is 0. The van der Waals surface area contributed by atoms with Crippen LogP contribution in [0.1, 0.15) is 74.9 Å². The van der Waals surface area contributed by atoms with Crippen LogP contribution in [0.15, 0.2) is 4.52 Å². The lowest BCUT2D eigenvalue weighted by atomic mass is 10.0. The van der Waals surface area contributed by atoms with E-state index < -0.39 is 0 Å². The Morgan fingerprint density at radius 1 is 1.31 bits per heavy atom. The minimum Gasteiger partial charge on any atom is -0.339 e. The molecular formula is C12H19ClN2O. The van der Waals surface area contributed by atoms with Gasteiger partial charge in [0.05, 0.1) is 5.38 Å². The van der Waals surface area contributed by atoms with Gasteiger partial charge >= 0.3 is 0 Å². The zero-order valence-electron chi connectivity index (χ0n) is 9.79. The molecule has 16 heavy (non-hydrogen) atoms. The third-order valence-electron chi connectivity index (χ3n) is 3.30. The molecule has 1 aromatic heterocycles. The Morgan fingerprint density at radius 2 is 2.00 bits per heavy atom. The number of nitrogens with zero attached hydrogens (tertiary/aromatic N) is 2. The number of aromatic nitrogens is 2. The van der Waals surface area contributed by atoms with Crippen molar-refractivity contribution in [2.75, 3.05) is 0 Å². The van der Waals surface area contributed by atoms with Gasteiger partial charge in [0.15, 0.2) is 5.82 Å². The van der Waals surface area contributed by atoms with E-state index >= 15 is 0 Å². The molecule has 1 aliphatic rings. The topological polar surface area (TPSA) is 38.9 Å². The third-order valence-corrected chi connectivity index (χ3v) is 3.80. The van der Waals surface area contributed by atoms with Gasteiger partial charge < -0.3 is 4.52 Å². The van der Waals surface area contributed by atoms with Crippen LogP contribution in [0.25, 0.3) is 0 Å². The average Bonchev–Trinajstić information content (AvgIpc) is 2.64. The van der Waals surface area contributed by atoms with E-state index in [0.29, 0.717) is 11.7 Å². The van der Waals surface area contributed by atoms with Gasteiger partial charge in [-0.1, -0.05) is 37.8 Å². The second kappa shape index (κ2) is 5.67. The van der Waals surface area contributed by atoms with Gasteiger partial charge in [-0.05, 0) is 19.3 Å². The first-order valence-corrected chi connectivity index (χ1v) is 6.72. The Hall–Kier alpha value is -0.570. The van der Waals surface area contributed by atoms with Crippen molar-refractivity contribution in [1.29, 1.82) is 0 Å². The summed E-state index contributed by atoms with van der Waals surface area (Å²) >= 11 is 6.09. The Labute approximate surface area is 102 Å². The van der Waals surface area contributed by atoms with Gasteiger partial charge in [0.1, 0.15) is 0 Å². The Morgan fingerprint density at radius 3 is 2.62 bits per heavy atom. The summed E-state index contributed by atoms with van der Waals surface area (Å²) < 4.78 is 5.34. The molecule has 0 amide bonds. The van der Waals surface area contributed by atoms with Gasteiger partial charge in [-0.3, -0.25) is 0 Å². The van der Waals surface area contributed by atoms with E-state index in [-0.39, 0.29) is 5.38 Å². The van der Waals surface area contributed by atoms with Crippen molar-refractivity contribution in [3.8, 4) is 0 Å². The Balaban J connectivity index is 2.05. The van der Waals surface area contributed by atoms with Crippen molar-refractivity contribution >= 4 is 11.6 Å². The van der Waals surface area contributed by atoms with Crippen LogP contribution in [0.2, 0.25) is 0 Å². The van der Waals surface area contributed by atoms with E-state index in [1.807, 2.05) is 6.92 Å². The standard InChI is InChI=1S/C12H19ClN2O/c1-2-10(13)11-14-12(16-15-11)9-7-5-3-4-6-8-9/h9-10H,2-8H2,1H3. The fourth-order valence-corrected chi connectivity index (χ4v) is 2.34. The van der Waals surface area contributed by atoms with E-state index in [0.717, 1.165) is 12.3 Å². The van der Waals surface area contributed by atoms with Crippen LogP contribution >= 0.6 is 11.6 Å². The van der Waals surface area contributed by atoms with Crippen molar-refractivity contribution in [2.45, 2.75) is 63.2 Å². The smallest absolute Gasteiger partial charge is 0.229 e. The predicted molar refractivity (Wildman–Crippen MR) is 63.6 cm³/mol. The van der Waals surface area contributed by atoms with Crippen LogP contribution in [0.5, 0.6) is 0 Å².